The zero-order valence-electron chi connectivity index (χ0n) is 12.9. The van der Waals surface area contributed by atoms with Gasteiger partial charge in [0.2, 0.25) is 0 Å². The Balaban J connectivity index is 2.08. The van der Waals surface area contributed by atoms with Crippen LogP contribution in [0, 0.1) is 13.8 Å². The van der Waals surface area contributed by atoms with Gasteiger partial charge in [-0.1, -0.05) is 48.9 Å². The van der Waals surface area contributed by atoms with Crippen LogP contribution in [0.1, 0.15) is 59.0 Å². The van der Waals surface area contributed by atoms with Gasteiger partial charge in [0.25, 0.3) is 0 Å². The summed E-state index contributed by atoms with van der Waals surface area (Å²) in [4.78, 5) is 0. The van der Waals surface area contributed by atoms with E-state index in [2.05, 4.69) is 61.7 Å². The van der Waals surface area contributed by atoms with Crippen LogP contribution in [-0.4, -0.2) is 0 Å². The molecule has 1 unspecified atom stereocenters. The monoisotopic (exact) mass is 280 g/mol. The molecule has 1 fully saturated rings. The predicted molar refractivity (Wildman–Crippen MR) is 88.1 cm³/mol. The van der Waals surface area contributed by atoms with Gasteiger partial charge in [0.05, 0.1) is 6.04 Å². The highest BCUT2D eigenvalue weighted by molar-refractivity contribution is 5.45. The Kier molecular flexibility index (Phi) is 4.09. The van der Waals surface area contributed by atoms with E-state index in [1.54, 1.807) is 0 Å². The van der Waals surface area contributed by atoms with Gasteiger partial charge in [-0.05, 0) is 60.4 Å². The molecule has 0 radical (unpaired) electrons. The van der Waals surface area contributed by atoms with Gasteiger partial charge in [-0.3, -0.25) is 5.84 Å². The molecule has 0 amide bonds. The number of nitrogens with two attached hydrogens (primary N) is 1. The van der Waals surface area contributed by atoms with E-state index in [1.807, 2.05) is 0 Å². The molecule has 0 heterocycles. The molecule has 2 nitrogen and oxygen atoms in total. The first-order valence-corrected chi connectivity index (χ1v) is 7.83. The summed E-state index contributed by atoms with van der Waals surface area (Å²) in [6, 6.07) is 15.3. The molecule has 0 aromatic heterocycles. The Hall–Kier alpha value is -1.64. The standard InChI is InChI=1S/C19H24N2/c1-13-7-5-8-14(2)18(13)19(21-20)17-12-4-3-11-16(17)15-9-6-10-15/h3-5,7-8,11-12,15,19,21H,6,9-10,20H2,1-2H3. The van der Waals surface area contributed by atoms with E-state index in [-0.39, 0.29) is 6.04 Å². The number of rotatable bonds is 4. The SMILES string of the molecule is Cc1cccc(C)c1C(NN)c1ccccc1C1CCC1. The maximum Gasteiger partial charge on any atom is 0.0717 e. The first-order valence-electron chi connectivity index (χ1n) is 7.83. The third-order valence-electron chi connectivity index (χ3n) is 4.85. The van der Waals surface area contributed by atoms with Crippen molar-refractivity contribution >= 4 is 0 Å². The zero-order valence-corrected chi connectivity index (χ0v) is 12.9. The minimum Gasteiger partial charge on any atom is -0.271 e. The van der Waals surface area contributed by atoms with Gasteiger partial charge < -0.3 is 0 Å². The number of aryl methyl sites for hydroxylation is 2. The second kappa shape index (κ2) is 6.00. The largest absolute Gasteiger partial charge is 0.271 e. The normalized spacial score (nSPS) is 16.5. The van der Waals surface area contributed by atoms with Gasteiger partial charge in [0.15, 0.2) is 0 Å². The third kappa shape index (κ3) is 2.61. The Bertz CT molecular complexity index is 609. The molecule has 1 atom stereocenters. The zero-order chi connectivity index (χ0) is 14.8. The summed E-state index contributed by atoms with van der Waals surface area (Å²) in [5.41, 5.74) is 9.76. The molecule has 1 aliphatic carbocycles. The second-order valence-corrected chi connectivity index (χ2v) is 6.16. The summed E-state index contributed by atoms with van der Waals surface area (Å²) in [6.45, 7) is 4.33. The van der Waals surface area contributed by atoms with Crippen molar-refractivity contribution in [3.63, 3.8) is 0 Å². The van der Waals surface area contributed by atoms with E-state index in [4.69, 9.17) is 5.84 Å². The lowest BCUT2D eigenvalue weighted by atomic mass is 9.76. The van der Waals surface area contributed by atoms with E-state index in [0.29, 0.717) is 5.92 Å². The molecule has 0 bridgehead atoms. The van der Waals surface area contributed by atoms with Crippen molar-refractivity contribution in [2.24, 2.45) is 5.84 Å². The van der Waals surface area contributed by atoms with Gasteiger partial charge in [-0.2, -0.15) is 0 Å². The maximum absolute atomic E-state index is 5.95. The smallest absolute Gasteiger partial charge is 0.0717 e. The van der Waals surface area contributed by atoms with Gasteiger partial charge in [0.1, 0.15) is 0 Å². The predicted octanol–water partition coefficient (Wildman–Crippen LogP) is 4.12. The third-order valence-corrected chi connectivity index (χ3v) is 4.85. The molecule has 3 rings (SSSR count). The Morgan fingerprint density at radius 3 is 2.24 bits per heavy atom. The number of benzene rings is 2. The van der Waals surface area contributed by atoms with E-state index < -0.39 is 0 Å². The summed E-state index contributed by atoms with van der Waals surface area (Å²) in [5.74, 6) is 6.66. The van der Waals surface area contributed by atoms with E-state index in [1.165, 1.54) is 47.1 Å². The highest BCUT2D eigenvalue weighted by atomic mass is 15.2. The van der Waals surface area contributed by atoms with E-state index >= 15 is 0 Å². The topological polar surface area (TPSA) is 38.0 Å². The summed E-state index contributed by atoms with van der Waals surface area (Å²) in [5, 5.41) is 0. The average molecular weight is 280 g/mol. The van der Waals surface area contributed by atoms with Gasteiger partial charge >= 0.3 is 0 Å². The minimum absolute atomic E-state index is 0.0722. The molecule has 2 aromatic rings. The fraction of sp³-hybridized carbons (Fsp3) is 0.368. The minimum atomic E-state index is 0.0722. The molecular weight excluding hydrogens is 256 g/mol. The quantitative estimate of drug-likeness (QED) is 0.653. The maximum atomic E-state index is 5.95. The molecule has 21 heavy (non-hydrogen) atoms. The van der Waals surface area contributed by atoms with E-state index in [0.717, 1.165) is 0 Å². The van der Waals surface area contributed by atoms with Crippen LogP contribution in [0.3, 0.4) is 0 Å². The highest BCUT2D eigenvalue weighted by Crippen LogP contribution is 2.41. The first-order chi connectivity index (χ1) is 10.2. The van der Waals surface area contributed by atoms with Crippen molar-refractivity contribution in [3.05, 3.63) is 70.3 Å². The molecule has 0 spiro atoms. The Morgan fingerprint density at radius 1 is 1.00 bits per heavy atom. The summed E-state index contributed by atoms with van der Waals surface area (Å²) in [7, 11) is 0. The Morgan fingerprint density at radius 2 is 1.67 bits per heavy atom. The van der Waals surface area contributed by atoms with Crippen LogP contribution in [0.5, 0.6) is 0 Å². The molecule has 110 valence electrons. The fourth-order valence-electron chi connectivity index (χ4n) is 3.48. The van der Waals surface area contributed by atoms with Crippen LogP contribution >= 0.6 is 0 Å². The molecule has 2 heteroatoms. The van der Waals surface area contributed by atoms with Crippen LogP contribution in [0.15, 0.2) is 42.5 Å². The highest BCUT2D eigenvalue weighted by Gasteiger charge is 2.26. The van der Waals surface area contributed by atoms with Crippen molar-refractivity contribution < 1.29 is 0 Å². The fourth-order valence-corrected chi connectivity index (χ4v) is 3.48. The van der Waals surface area contributed by atoms with Crippen molar-refractivity contribution in [1.82, 2.24) is 5.43 Å². The lowest BCUT2D eigenvalue weighted by Crippen LogP contribution is -2.31. The van der Waals surface area contributed by atoms with Crippen LogP contribution in [0.4, 0.5) is 0 Å². The lowest BCUT2D eigenvalue weighted by molar-refractivity contribution is 0.414. The molecule has 1 aliphatic rings. The van der Waals surface area contributed by atoms with Crippen LogP contribution < -0.4 is 11.3 Å². The lowest BCUT2D eigenvalue weighted by Gasteiger charge is -2.31. The molecule has 1 saturated carbocycles. The molecule has 0 aliphatic heterocycles. The first kappa shape index (κ1) is 14.3. The summed E-state index contributed by atoms with van der Waals surface area (Å²) in [6.07, 6.45) is 3.96. The molecule has 0 saturated heterocycles. The van der Waals surface area contributed by atoms with Crippen LogP contribution in [0.2, 0.25) is 0 Å². The number of hydrogen-bond donors (Lipinski definition) is 2. The number of hydrogen-bond acceptors (Lipinski definition) is 2. The van der Waals surface area contributed by atoms with Crippen molar-refractivity contribution in [1.29, 1.82) is 0 Å². The van der Waals surface area contributed by atoms with Gasteiger partial charge in [-0.25, -0.2) is 5.43 Å². The van der Waals surface area contributed by atoms with Crippen molar-refractivity contribution in [2.45, 2.75) is 45.1 Å². The molecular formula is C19H24N2. The van der Waals surface area contributed by atoms with E-state index in [9.17, 15) is 0 Å². The average Bonchev–Trinajstić information content (AvgIpc) is 2.42. The number of nitrogens with one attached hydrogen (secondary N) is 1. The van der Waals surface area contributed by atoms with Gasteiger partial charge in [-0.15, -0.1) is 0 Å². The van der Waals surface area contributed by atoms with Crippen LogP contribution in [-0.2, 0) is 0 Å². The van der Waals surface area contributed by atoms with Gasteiger partial charge in [0, 0.05) is 0 Å². The summed E-state index contributed by atoms with van der Waals surface area (Å²) < 4.78 is 0. The van der Waals surface area contributed by atoms with Crippen molar-refractivity contribution in [2.75, 3.05) is 0 Å². The van der Waals surface area contributed by atoms with Crippen molar-refractivity contribution in [3.8, 4) is 0 Å². The number of hydrazine groups is 1. The molecule has 3 N–H and O–H groups in total. The second-order valence-electron chi connectivity index (χ2n) is 6.16. The Labute approximate surface area is 127 Å². The molecule has 2 aromatic carbocycles. The summed E-state index contributed by atoms with van der Waals surface area (Å²) >= 11 is 0. The van der Waals surface area contributed by atoms with Crippen LogP contribution in [0.25, 0.3) is 0 Å².